The van der Waals surface area contributed by atoms with Crippen LogP contribution in [0.2, 0.25) is 0 Å². The van der Waals surface area contributed by atoms with E-state index >= 15 is 0 Å². The van der Waals surface area contributed by atoms with Crippen LogP contribution >= 0.6 is 0 Å². The van der Waals surface area contributed by atoms with E-state index in [1.807, 2.05) is 0 Å². The summed E-state index contributed by atoms with van der Waals surface area (Å²) in [5.74, 6) is -0.303. The van der Waals surface area contributed by atoms with Crippen LogP contribution in [-0.2, 0) is 15.7 Å². The maximum absolute atomic E-state index is 13.1. The molecule has 6 nitrogen and oxygen atoms in total. The average molecular weight is 385 g/mol. The van der Waals surface area contributed by atoms with Crippen molar-refractivity contribution in [3.05, 3.63) is 29.8 Å². The Morgan fingerprint density at radius 3 is 2.67 bits per heavy atom. The molecule has 148 valence electrons. The number of benzene rings is 1. The molecular weight excluding hydrogens is 363 g/mol. The van der Waals surface area contributed by atoms with Gasteiger partial charge in [0.1, 0.15) is 6.04 Å². The van der Waals surface area contributed by atoms with Gasteiger partial charge in [0.05, 0.1) is 17.4 Å². The van der Waals surface area contributed by atoms with Crippen LogP contribution in [-0.4, -0.2) is 48.7 Å². The number of para-hydroxylation sites is 1. The molecule has 2 saturated heterocycles. The third-order valence-corrected chi connectivity index (χ3v) is 4.82. The maximum Gasteiger partial charge on any atom is 0.418 e. The van der Waals surface area contributed by atoms with Crippen LogP contribution in [0.5, 0.6) is 0 Å². The fraction of sp³-hybridized carbons (Fsp3) is 0.556. The first-order valence-corrected chi connectivity index (χ1v) is 8.99. The normalized spacial score (nSPS) is 22.7. The Balaban J connectivity index is 1.63. The summed E-state index contributed by atoms with van der Waals surface area (Å²) in [6.45, 7) is 1.37. The standard InChI is InChI=1S/C18H22F3N3O3/c19-18(20,21)13-6-1-2-7-14(13)23-17(26)24-9-3-8-15(24)16(25)22-11-12-5-4-10-27-12/h1-2,6-7,12,15H,3-5,8-11H2,(H,22,25)(H,23,26). The SMILES string of the molecule is O=C(NCC1CCCO1)C1CCCN1C(=O)Nc1ccccc1C(F)(F)F. The summed E-state index contributed by atoms with van der Waals surface area (Å²) in [5, 5.41) is 5.09. The highest BCUT2D eigenvalue weighted by molar-refractivity contribution is 5.94. The van der Waals surface area contributed by atoms with Crippen molar-refractivity contribution in [2.24, 2.45) is 0 Å². The summed E-state index contributed by atoms with van der Waals surface area (Å²) >= 11 is 0. The minimum Gasteiger partial charge on any atom is -0.376 e. The number of nitrogens with zero attached hydrogens (tertiary/aromatic N) is 1. The van der Waals surface area contributed by atoms with Crippen molar-refractivity contribution >= 4 is 17.6 Å². The minimum absolute atomic E-state index is 0.0173. The number of carbonyl (C=O) groups is 2. The number of halogens is 3. The van der Waals surface area contributed by atoms with Gasteiger partial charge in [-0.1, -0.05) is 12.1 Å². The second-order valence-electron chi connectivity index (χ2n) is 6.71. The van der Waals surface area contributed by atoms with E-state index in [2.05, 4.69) is 10.6 Å². The van der Waals surface area contributed by atoms with Crippen LogP contribution in [0.1, 0.15) is 31.2 Å². The quantitative estimate of drug-likeness (QED) is 0.837. The van der Waals surface area contributed by atoms with Crippen molar-refractivity contribution in [3.63, 3.8) is 0 Å². The van der Waals surface area contributed by atoms with Gasteiger partial charge in [-0.2, -0.15) is 13.2 Å². The Bertz CT molecular complexity index is 690. The predicted molar refractivity (Wildman–Crippen MR) is 92.2 cm³/mol. The third kappa shape index (κ3) is 4.71. The van der Waals surface area contributed by atoms with Gasteiger partial charge in [0.25, 0.3) is 0 Å². The maximum atomic E-state index is 13.1. The molecule has 1 aromatic carbocycles. The number of nitrogens with one attached hydrogen (secondary N) is 2. The lowest BCUT2D eigenvalue weighted by Crippen LogP contribution is -2.48. The van der Waals surface area contributed by atoms with Crippen molar-refractivity contribution in [3.8, 4) is 0 Å². The van der Waals surface area contributed by atoms with Gasteiger partial charge in [-0.15, -0.1) is 0 Å². The number of hydrogen-bond acceptors (Lipinski definition) is 3. The Morgan fingerprint density at radius 1 is 1.19 bits per heavy atom. The fourth-order valence-electron chi connectivity index (χ4n) is 3.45. The molecule has 2 aliphatic heterocycles. The molecule has 0 spiro atoms. The molecule has 1 aromatic rings. The number of urea groups is 1. The molecule has 27 heavy (non-hydrogen) atoms. The number of anilines is 1. The van der Waals surface area contributed by atoms with Crippen molar-refractivity contribution in [1.82, 2.24) is 10.2 Å². The van der Waals surface area contributed by atoms with Crippen molar-refractivity contribution < 1.29 is 27.5 Å². The molecule has 0 saturated carbocycles. The van der Waals surface area contributed by atoms with E-state index < -0.39 is 23.8 Å². The Hall–Kier alpha value is -2.29. The van der Waals surface area contributed by atoms with Crippen LogP contribution in [0.3, 0.4) is 0 Å². The van der Waals surface area contributed by atoms with Crippen molar-refractivity contribution in [2.45, 2.75) is 44.0 Å². The third-order valence-electron chi connectivity index (χ3n) is 4.82. The van der Waals surface area contributed by atoms with E-state index in [4.69, 9.17) is 4.74 Å². The highest BCUT2D eigenvalue weighted by Gasteiger charge is 2.37. The highest BCUT2D eigenvalue weighted by atomic mass is 19.4. The van der Waals surface area contributed by atoms with E-state index in [1.165, 1.54) is 23.1 Å². The van der Waals surface area contributed by atoms with Crippen LogP contribution in [0, 0.1) is 0 Å². The van der Waals surface area contributed by atoms with Crippen molar-refractivity contribution in [2.75, 3.05) is 25.0 Å². The van der Waals surface area contributed by atoms with Gasteiger partial charge in [-0.3, -0.25) is 4.79 Å². The van der Waals surface area contributed by atoms with Crippen LogP contribution < -0.4 is 10.6 Å². The predicted octanol–water partition coefficient (Wildman–Crippen LogP) is 3.00. The molecular formula is C18H22F3N3O3. The zero-order valence-electron chi connectivity index (χ0n) is 14.7. The number of carbonyl (C=O) groups excluding carboxylic acids is 2. The molecule has 2 aliphatic rings. The Morgan fingerprint density at radius 2 is 1.96 bits per heavy atom. The van der Waals surface area contributed by atoms with Gasteiger partial charge >= 0.3 is 12.2 Å². The summed E-state index contributed by atoms with van der Waals surface area (Å²) in [4.78, 5) is 26.2. The second kappa shape index (κ2) is 8.16. The van der Waals surface area contributed by atoms with Crippen LogP contribution in [0.4, 0.5) is 23.7 Å². The first-order valence-electron chi connectivity index (χ1n) is 8.99. The lowest BCUT2D eigenvalue weighted by atomic mass is 10.1. The molecule has 2 heterocycles. The molecule has 0 radical (unpaired) electrons. The van der Waals surface area contributed by atoms with E-state index in [9.17, 15) is 22.8 Å². The van der Waals surface area contributed by atoms with E-state index in [0.29, 0.717) is 32.5 Å². The smallest absolute Gasteiger partial charge is 0.376 e. The molecule has 2 atom stereocenters. The van der Waals surface area contributed by atoms with Gasteiger partial charge in [0.15, 0.2) is 0 Å². The van der Waals surface area contributed by atoms with Gasteiger partial charge in [-0.05, 0) is 37.8 Å². The van der Waals surface area contributed by atoms with Gasteiger partial charge in [0.2, 0.25) is 5.91 Å². The lowest BCUT2D eigenvalue weighted by molar-refractivity contribution is -0.137. The van der Waals surface area contributed by atoms with E-state index in [-0.39, 0.29) is 17.7 Å². The summed E-state index contributed by atoms with van der Waals surface area (Å²) in [6, 6.07) is 3.39. The second-order valence-corrected chi connectivity index (χ2v) is 6.71. The Labute approximate surface area is 155 Å². The number of amides is 3. The van der Waals surface area contributed by atoms with E-state index in [0.717, 1.165) is 18.9 Å². The molecule has 2 unspecified atom stereocenters. The molecule has 3 rings (SSSR count). The van der Waals surface area contributed by atoms with Crippen molar-refractivity contribution in [1.29, 1.82) is 0 Å². The zero-order valence-corrected chi connectivity index (χ0v) is 14.7. The number of ether oxygens (including phenoxy) is 1. The highest BCUT2D eigenvalue weighted by Crippen LogP contribution is 2.35. The molecule has 9 heteroatoms. The summed E-state index contributed by atoms with van der Waals surface area (Å²) in [7, 11) is 0. The first-order chi connectivity index (χ1) is 12.9. The monoisotopic (exact) mass is 385 g/mol. The summed E-state index contributed by atoms with van der Waals surface area (Å²) in [6.07, 6.45) is -1.66. The summed E-state index contributed by atoms with van der Waals surface area (Å²) < 4.78 is 44.7. The van der Waals surface area contributed by atoms with Gasteiger partial charge < -0.3 is 20.3 Å². The van der Waals surface area contributed by atoms with Crippen LogP contribution in [0.15, 0.2) is 24.3 Å². The number of likely N-dealkylation sites (tertiary alicyclic amines) is 1. The first kappa shape index (κ1) is 19.5. The molecule has 0 aromatic heterocycles. The van der Waals surface area contributed by atoms with Crippen LogP contribution in [0.25, 0.3) is 0 Å². The fourth-order valence-corrected chi connectivity index (χ4v) is 3.45. The minimum atomic E-state index is -4.58. The van der Waals surface area contributed by atoms with E-state index in [1.54, 1.807) is 0 Å². The molecule has 2 N–H and O–H groups in total. The molecule has 3 amide bonds. The topological polar surface area (TPSA) is 70.7 Å². The number of hydrogen-bond donors (Lipinski definition) is 2. The van der Waals surface area contributed by atoms with Gasteiger partial charge in [0, 0.05) is 19.7 Å². The zero-order chi connectivity index (χ0) is 19.4. The number of alkyl halides is 3. The molecule has 0 bridgehead atoms. The largest absolute Gasteiger partial charge is 0.418 e. The summed E-state index contributed by atoms with van der Waals surface area (Å²) in [5.41, 5.74) is -1.24. The average Bonchev–Trinajstić information content (AvgIpc) is 3.31. The molecule has 2 fully saturated rings. The molecule has 0 aliphatic carbocycles. The van der Waals surface area contributed by atoms with Gasteiger partial charge in [-0.25, -0.2) is 4.79 Å². The Kier molecular flexibility index (Phi) is 5.88. The lowest BCUT2D eigenvalue weighted by Gasteiger charge is -2.25. The number of rotatable bonds is 4.